The number of hydrogen-bond acceptors (Lipinski definition) is 2. The van der Waals surface area contributed by atoms with Gasteiger partial charge in [0.15, 0.2) is 0 Å². The van der Waals surface area contributed by atoms with Crippen molar-refractivity contribution in [2.24, 2.45) is 0 Å². The molecule has 16 heavy (non-hydrogen) atoms. The lowest BCUT2D eigenvalue weighted by atomic mass is 10.2. The number of pyridine rings is 1. The third-order valence-electron chi connectivity index (χ3n) is 2.06. The molecule has 1 heterocycles. The molecule has 1 aromatic carbocycles. The number of hydrogen-bond donors (Lipinski definition) is 0. The summed E-state index contributed by atoms with van der Waals surface area (Å²) in [4.78, 5) is 4.02. The molecule has 2 nitrogen and oxygen atoms in total. The SMILES string of the molecule is Cc1ccc(Oc2cncc(Br)c2)cc1Cl. The van der Waals surface area contributed by atoms with Gasteiger partial charge in [-0.1, -0.05) is 17.7 Å². The third-order valence-corrected chi connectivity index (χ3v) is 2.90. The molecule has 0 amide bonds. The molecule has 0 spiro atoms. The molecule has 0 radical (unpaired) electrons. The minimum Gasteiger partial charge on any atom is -0.456 e. The average Bonchev–Trinajstić information content (AvgIpc) is 2.24. The second kappa shape index (κ2) is 4.85. The third kappa shape index (κ3) is 2.74. The molecule has 0 aliphatic heterocycles. The van der Waals surface area contributed by atoms with Crippen LogP contribution in [0.25, 0.3) is 0 Å². The Labute approximate surface area is 107 Å². The van der Waals surface area contributed by atoms with E-state index in [0.717, 1.165) is 10.0 Å². The van der Waals surface area contributed by atoms with Crippen molar-refractivity contribution in [2.75, 3.05) is 0 Å². The highest BCUT2D eigenvalue weighted by atomic mass is 79.9. The minimum absolute atomic E-state index is 0.675. The fourth-order valence-corrected chi connectivity index (χ4v) is 1.74. The maximum Gasteiger partial charge on any atom is 0.146 e. The van der Waals surface area contributed by atoms with Gasteiger partial charge in [-0.25, -0.2) is 0 Å². The highest BCUT2D eigenvalue weighted by molar-refractivity contribution is 9.10. The summed E-state index contributed by atoms with van der Waals surface area (Å²) in [7, 11) is 0. The molecule has 0 aliphatic carbocycles. The Morgan fingerprint density at radius 3 is 2.69 bits per heavy atom. The zero-order valence-electron chi connectivity index (χ0n) is 8.58. The van der Waals surface area contributed by atoms with E-state index in [-0.39, 0.29) is 0 Å². The largest absolute Gasteiger partial charge is 0.456 e. The van der Waals surface area contributed by atoms with Crippen LogP contribution in [0.4, 0.5) is 0 Å². The predicted molar refractivity (Wildman–Crippen MR) is 68.2 cm³/mol. The summed E-state index contributed by atoms with van der Waals surface area (Å²) in [5, 5.41) is 0.695. The normalized spacial score (nSPS) is 10.2. The van der Waals surface area contributed by atoms with E-state index in [1.54, 1.807) is 18.5 Å². The lowest BCUT2D eigenvalue weighted by Gasteiger charge is -2.06. The summed E-state index contributed by atoms with van der Waals surface area (Å²) in [6.45, 7) is 1.95. The summed E-state index contributed by atoms with van der Waals surface area (Å²) in [6, 6.07) is 7.43. The number of nitrogens with zero attached hydrogens (tertiary/aromatic N) is 1. The lowest BCUT2D eigenvalue weighted by molar-refractivity contribution is 0.480. The zero-order valence-corrected chi connectivity index (χ0v) is 10.9. The number of aromatic nitrogens is 1. The Bertz CT molecular complexity index is 516. The van der Waals surface area contributed by atoms with Gasteiger partial charge in [-0.05, 0) is 46.6 Å². The Morgan fingerprint density at radius 2 is 2.00 bits per heavy atom. The van der Waals surface area contributed by atoms with Gasteiger partial charge >= 0.3 is 0 Å². The smallest absolute Gasteiger partial charge is 0.146 e. The van der Waals surface area contributed by atoms with Crippen molar-refractivity contribution in [3.05, 3.63) is 51.7 Å². The molecule has 0 saturated heterocycles. The van der Waals surface area contributed by atoms with E-state index in [9.17, 15) is 0 Å². The summed E-state index contributed by atoms with van der Waals surface area (Å²) < 4.78 is 6.50. The Balaban J connectivity index is 2.24. The van der Waals surface area contributed by atoms with E-state index in [4.69, 9.17) is 16.3 Å². The molecular formula is C12H9BrClNO. The number of halogens is 2. The quantitative estimate of drug-likeness (QED) is 0.808. The fraction of sp³-hybridized carbons (Fsp3) is 0.0833. The minimum atomic E-state index is 0.675. The molecular weight excluding hydrogens is 289 g/mol. The van der Waals surface area contributed by atoms with Gasteiger partial charge in [0.2, 0.25) is 0 Å². The molecule has 0 N–H and O–H groups in total. The monoisotopic (exact) mass is 297 g/mol. The van der Waals surface area contributed by atoms with E-state index in [2.05, 4.69) is 20.9 Å². The van der Waals surface area contributed by atoms with Gasteiger partial charge in [0.25, 0.3) is 0 Å². The van der Waals surface area contributed by atoms with Gasteiger partial charge in [-0.3, -0.25) is 4.98 Å². The van der Waals surface area contributed by atoms with Crippen LogP contribution in [0.2, 0.25) is 5.02 Å². The second-order valence-electron chi connectivity index (χ2n) is 3.35. The molecule has 1 aromatic heterocycles. The summed E-state index contributed by atoms with van der Waals surface area (Å²) in [5.41, 5.74) is 1.03. The molecule has 0 saturated carbocycles. The molecule has 0 aliphatic rings. The van der Waals surface area contributed by atoms with E-state index < -0.39 is 0 Å². The van der Waals surface area contributed by atoms with Gasteiger partial charge in [-0.2, -0.15) is 0 Å². The molecule has 4 heteroatoms. The Morgan fingerprint density at radius 1 is 1.19 bits per heavy atom. The van der Waals surface area contributed by atoms with Crippen LogP contribution in [0.3, 0.4) is 0 Å². The molecule has 0 atom stereocenters. The van der Waals surface area contributed by atoms with Gasteiger partial charge < -0.3 is 4.74 Å². The van der Waals surface area contributed by atoms with Gasteiger partial charge in [0, 0.05) is 15.7 Å². The summed E-state index contributed by atoms with van der Waals surface area (Å²) >= 11 is 9.34. The maximum atomic E-state index is 6.01. The van der Waals surface area contributed by atoms with E-state index >= 15 is 0 Å². The Hall–Kier alpha value is -1.06. The van der Waals surface area contributed by atoms with E-state index in [1.165, 1.54) is 0 Å². The van der Waals surface area contributed by atoms with Crippen LogP contribution in [0.1, 0.15) is 5.56 Å². The van der Waals surface area contributed by atoms with Gasteiger partial charge in [0.1, 0.15) is 11.5 Å². The summed E-state index contributed by atoms with van der Waals surface area (Å²) in [6.07, 6.45) is 3.35. The first kappa shape index (κ1) is 11.4. The first-order valence-corrected chi connectivity index (χ1v) is 5.87. The average molecular weight is 299 g/mol. The van der Waals surface area contributed by atoms with Crippen molar-refractivity contribution in [3.8, 4) is 11.5 Å². The van der Waals surface area contributed by atoms with E-state index in [1.807, 2.05) is 25.1 Å². The maximum absolute atomic E-state index is 6.01. The molecule has 0 fully saturated rings. The first-order valence-electron chi connectivity index (χ1n) is 4.70. The topological polar surface area (TPSA) is 22.1 Å². The van der Waals surface area contributed by atoms with Crippen LogP contribution < -0.4 is 4.74 Å². The van der Waals surface area contributed by atoms with Crippen LogP contribution in [0, 0.1) is 6.92 Å². The van der Waals surface area contributed by atoms with Gasteiger partial charge in [0.05, 0.1) is 6.20 Å². The van der Waals surface area contributed by atoms with Crippen molar-refractivity contribution >= 4 is 27.5 Å². The molecule has 0 bridgehead atoms. The van der Waals surface area contributed by atoms with Crippen molar-refractivity contribution in [1.29, 1.82) is 0 Å². The molecule has 2 aromatic rings. The van der Waals surface area contributed by atoms with Crippen molar-refractivity contribution < 1.29 is 4.74 Å². The molecule has 2 rings (SSSR count). The van der Waals surface area contributed by atoms with Crippen molar-refractivity contribution in [2.45, 2.75) is 6.92 Å². The standard InChI is InChI=1S/C12H9BrClNO/c1-8-2-3-10(5-12(8)14)16-11-4-9(13)6-15-7-11/h2-7H,1H3. The van der Waals surface area contributed by atoms with Crippen LogP contribution >= 0.6 is 27.5 Å². The zero-order chi connectivity index (χ0) is 11.5. The lowest BCUT2D eigenvalue weighted by Crippen LogP contribution is -1.86. The first-order chi connectivity index (χ1) is 7.65. The molecule has 82 valence electrons. The number of benzene rings is 1. The highest BCUT2D eigenvalue weighted by Gasteiger charge is 2.01. The van der Waals surface area contributed by atoms with Crippen LogP contribution in [-0.2, 0) is 0 Å². The highest BCUT2D eigenvalue weighted by Crippen LogP contribution is 2.27. The van der Waals surface area contributed by atoms with E-state index in [0.29, 0.717) is 16.5 Å². The predicted octanol–water partition coefficient (Wildman–Crippen LogP) is 4.60. The fourth-order valence-electron chi connectivity index (χ4n) is 1.22. The summed E-state index contributed by atoms with van der Waals surface area (Å²) in [5.74, 6) is 1.38. The number of aryl methyl sites for hydroxylation is 1. The van der Waals surface area contributed by atoms with Crippen LogP contribution in [-0.4, -0.2) is 4.98 Å². The number of ether oxygens (including phenoxy) is 1. The molecule has 0 unspecified atom stereocenters. The van der Waals surface area contributed by atoms with Crippen LogP contribution in [0.15, 0.2) is 41.1 Å². The number of rotatable bonds is 2. The van der Waals surface area contributed by atoms with Crippen molar-refractivity contribution in [3.63, 3.8) is 0 Å². The van der Waals surface area contributed by atoms with Crippen LogP contribution in [0.5, 0.6) is 11.5 Å². The van der Waals surface area contributed by atoms with Gasteiger partial charge in [-0.15, -0.1) is 0 Å². The van der Waals surface area contributed by atoms with Crippen molar-refractivity contribution in [1.82, 2.24) is 4.98 Å². The Kier molecular flexibility index (Phi) is 3.46. The second-order valence-corrected chi connectivity index (χ2v) is 4.67.